The molecule has 0 amide bonds. The summed E-state index contributed by atoms with van der Waals surface area (Å²) in [6.07, 6.45) is 5.08. The third kappa shape index (κ3) is 3.05. The van der Waals surface area contributed by atoms with Crippen molar-refractivity contribution in [3.63, 3.8) is 0 Å². The second kappa shape index (κ2) is 6.61. The second-order valence-electron chi connectivity index (χ2n) is 5.99. The highest BCUT2D eigenvalue weighted by atomic mass is 32.1. The fraction of sp³-hybridized carbons (Fsp3) is 0.0476. The normalized spacial score (nSPS) is 14.5. The summed E-state index contributed by atoms with van der Waals surface area (Å²) < 4.78 is 0. The van der Waals surface area contributed by atoms with Gasteiger partial charge in [-0.25, -0.2) is 0 Å². The summed E-state index contributed by atoms with van der Waals surface area (Å²) in [5.74, 6) is -0.164. The van der Waals surface area contributed by atoms with Crippen LogP contribution in [0.4, 0.5) is 10.8 Å². The number of hydrogen-bond donors (Lipinski definition) is 2. The molecule has 1 aliphatic rings. The fourth-order valence-electron chi connectivity index (χ4n) is 2.86. The number of hydrogen-bond acceptors (Lipinski definition) is 5. The third-order valence-electron chi connectivity index (χ3n) is 4.23. The summed E-state index contributed by atoms with van der Waals surface area (Å²) in [7, 11) is 0. The lowest BCUT2D eigenvalue weighted by Gasteiger charge is -2.12. The van der Waals surface area contributed by atoms with Crippen LogP contribution < -0.4 is 5.32 Å². The van der Waals surface area contributed by atoms with Crippen LogP contribution in [0.15, 0.2) is 54.6 Å². The molecule has 26 heavy (non-hydrogen) atoms. The van der Waals surface area contributed by atoms with E-state index in [0.29, 0.717) is 15.6 Å². The number of rotatable bonds is 3. The van der Waals surface area contributed by atoms with Crippen LogP contribution in [0.2, 0.25) is 0 Å². The number of fused-ring (bicyclic) bond motifs is 1. The lowest BCUT2D eigenvalue weighted by Crippen LogP contribution is -2.04. The van der Waals surface area contributed by atoms with Crippen LogP contribution in [-0.2, 0) is 4.79 Å². The predicted molar refractivity (Wildman–Crippen MR) is 107 cm³/mol. The molecule has 1 aromatic heterocycles. The largest absolute Gasteiger partial charge is 0.492 e. The molecule has 2 aromatic carbocycles. The molecule has 0 saturated heterocycles. The number of nitrogens with one attached hydrogen (secondary N) is 1. The fourth-order valence-corrected chi connectivity index (χ4v) is 3.67. The molecule has 0 atom stereocenters. The van der Waals surface area contributed by atoms with E-state index in [2.05, 4.69) is 10.3 Å². The van der Waals surface area contributed by atoms with Gasteiger partial charge in [0.1, 0.15) is 0 Å². The molecule has 128 valence electrons. The zero-order valence-corrected chi connectivity index (χ0v) is 14.9. The summed E-state index contributed by atoms with van der Waals surface area (Å²) in [5, 5.41) is 14.0. The first kappa shape index (κ1) is 16.3. The van der Waals surface area contributed by atoms with Crippen LogP contribution >= 0.6 is 11.3 Å². The average Bonchev–Trinajstić information content (AvgIpc) is 2.99. The number of carbonyl (C=O) groups excluding carboxylic acids is 1. The van der Waals surface area contributed by atoms with E-state index in [1.165, 1.54) is 11.3 Å². The first-order valence-electron chi connectivity index (χ1n) is 8.18. The van der Waals surface area contributed by atoms with Gasteiger partial charge in [0.2, 0.25) is 5.88 Å². The van der Waals surface area contributed by atoms with Gasteiger partial charge in [-0.05, 0) is 41.8 Å². The molecule has 4 rings (SSSR count). The van der Waals surface area contributed by atoms with Gasteiger partial charge in [0.25, 0.3) is 0 Å². The summed E-state index contributed by atoms with van der Waals surface area (Å²) in [4.78, 5) is 17.1. The molecule has 1 aliphatic carbocycles. The lowest BCUT2D eigenvalue weighted by atomic mass is 9.91. The van der Waals surface area contributed by atoms with Crippen molar-refractivity contribution in [2.75, 3.05) is 5.32 Å². The minimum atomic E-state index is -0.0848. The van der Waals surface area contributed by atoms with Crippen molar-refractivity contribution in [2.24, 2.45) is 0 Å². The van der Waals surface area contributed by atoms with E-state index in [-0.39, 0.29) is 11.7 Å². The Morgan fingerprint density at radius 2 is 1.85 bits per heavy atom. The second-order valence-corrected chi connectivity index (χ2v) is 7.02. The Labute approximate surface area is 155 Å². The lowest BCUT2D eigenvalue weighted by molar-refractivity contribution is -0.109. The molecule has 0 spiro atoms. The van der Waals surface area contributed by atoms with Crippen molar-refractivity contribution < 1.29 is 9.90 Å². The van der Waals surface area contributed by atoms with Gasteiger partial charge < -0.3 is 10.4 Å². The molecular weight excluding hydrogens is 344 g/mol. The van der Waals surface area contributed by atoms with Gasteiger partial charge in [-0.2, -0.15) is 4.98 Å². The number of aromatic hydroxyl groups is 1. The van der Waals surface area contributed by atoms with Crippen molar-refractivity contribution >= 4 is 45.7 Å². The van der Waals surface area contributed by atoms with E-state index < -0.39 is 0 Å². The van der Waals surface area contributed by atoms with Crippen LogP contribution in [-0.4, -0.2) is 15.9 Å². The standard InChI is InChI=1S/C21H16N2O2S/c1-13-6-2-5-9-17(13)22-21-23-20(25)19(26-21)12-16-15-8-4-3-7-14(15)10-11-18(16)24/h2-12,25H,1H3,(H,22,23). The van der Waals surface area contributed by atoms with E-state index >= 15 is 0 Å². The number of aryl methyl sites for hydroxylation is 1. The van der Waals surface area contributed by atoms with Crippen LogP contribution in [0.3, 0.4) is 0 Å². The highest BCUT2D eigenvalue weighted by molar-refractivity contribution is 7.16. The molecule has 0 radical (unpaired) electrons. The number of thiazole rings is 1. The van der Waals surface area contributed by atoms with E-state index in [9.17, 15) is 9.90 Å². The summed E-state index contributed by atoms with van der Waals surface area (Å²) >= 11 is 1.31. The topological polar surface area (TPSA) is 62.2 Å². The molecular formula is C21H16N2O2S. The Kier molecular flexibility index (Phi) is 4.14. The number of ketones is 1. The number of allylic oxidation sites excluding steroid dienone is 2. The van der Waals surface area contributed by atoms with E-state index in [1.54, 1.807) is 12.2 Å². The maximum absolute atomic E-state index is 12.3. The molecule has 0 fully saturated rings. The third-order valence-corrected chi connectivity index (χ3v) is 5.13. The van der Waals surface area contributed by atoms with E-state index in [0.717, 1.165) is 22.4 Å². The highest BCUT2D eigenvalue weighted by Gasteiger charge is 2.19. The minimum Gasteiger partial charge on any atom is -0.492 e. The van der Waals surface area contributed by atoms with E-state index in [1.807, 2.05) is 61.5 Å². The van der Waals surface area contributed by atoms with Gasteiger partial charge in [-0.1, -0.05) is 59.9 Å². The molecule has 0 saturated carbocycles. The van der Waals surface area contributed by atoms with Gasteiger partial charge >= 0.3 is 0 Å². The van der Waals surface area contributed by atoms with Crippen LogP contribution in [0.5, 0.6) is 5.88 Å². The molecule has 5 heteroatoms. The van der Waals surface area contributed by atoms with Crippen LogP contribution in [0, 0.1) is 6.92 Å². The first-order valence-corrected chi connectivity index (χ1v) is 8.99. The smallest absolute Gasteiger partial charge is 0.231 e. The van der Waals surface area contributed by atoms with Gasteiger partial charge in [-0.3, -0.25) is 4.79 Å². The number of para-hydroxylation sites is 1. The Morgan fingerprint density at radius 1 is 1.08 bits per heavy atom. The molecule has 1 heterocycles. The van der Waals surface area contributed by atoms with Crippen molar-refractivity contribution in [3.8, 4) is 5.88 Å². The van der Waals surface area contributed by atoms with Crippen molar-refractivity contribution in [1.29, 1.82) is 0 Å². The number of nitrogens with zero attached hydrogens (tertiary/aromatic N) is 1. The number of aromatic nitrogens is 1. The van der Waals surface area contributed by atoms with Gasteiger partial charge in [0.05, 0.1) is 4.88 Å². The number of carbonyl (C=O) groups is 1. The van der Waals surface area contributed by atoms with Crippen LogP contribution in [0.1, 0.15) is 21.6 Å². The molecule has 3 aromatic rings. The predicted octanol–water partition coefficient (Wildman–Crippen LogP) is 5.04. The Balaban J connectivity index is 1.70. The molecule has 0 bridgehead atoms. The van der Waals surface area contributed by atoms with Crippen molar-refractivity contribution in [2.45, 2.75) is 6.92 Å². The Hall–Kier alpha value is -3.18. The molecule has 0 unspecified atom stereocenters. The monoisotopic (exact) mass is 360 g/mol. The summed E-state index contributed by atoms with van der Waals surface area (Å²) in [6, 6.07) is 15.6. The first-order chi connectivity index (χ1) is 12.6. The number of anilines is 2. The maximum Gasteiger partial charge on any atom is 0.231 e. The van der Waals surface area contributed by atoms with Crippen molar-refractivity contribution in [1.82, 2.24) is 4.98 Å². The minimum absolute atomic E-state index is 0.0788. The van der Waals surface area contributed by atoms with Crippen molar-refractivity contribution in [3.05, 3.63) is 76.2 Å². The SMILES string of the molecule is Cc1ccccc1Nc1nc(O)c(C=C2C(=O)C=Cc3ccccc32)s1. The highest BCUT2D eigenvalue weighted by Crippen LogP contribution is 2.36. The van der Waals surface area contributed by atoms with E-state index in [4.69, 9.17) is 0 Å². The van der Waals surface area contributed by atoms with Gasteiger partial charge in [-0.15, -0.1) is 0 Å². The zero-order chi connectivity index (χ0) is 18.1. The number of benzene rings is 2. The maximum atomic E-state index is 12.3. The quantitative estimate of drug-likeness (QED) is 0.643. The molecule has 4 nitrogen and oxygen atoms in total. The van der Waals surface area contributed by atoms with Gasteiger partial charge in [0, 0.05) is 11.3 Å². The summed E-state index contributed by atoms with van der Waals surface area (Å²) in [5.41, 5.74) is 4.43. The Morgan fingerprint density at radius 3 is 2.69 bits per heavy atom. The van der Waals surface area contributed by atoms with Gasteiger partial charge in [0.15, 0.2) is 10.9 Å². The Bertz CT molecular complexity index is 1060. The summed E-state index contributed by atoms with van der Waals surface area (Å²) in [6.45, 7) is 2.00. The zero-order valence-electron chi connectivity index (χ0n) is 14.1. The molecule has 2 N–H and O–H groups in total. The van der Waals surface area contributed by atoms with Crippen LogP contribution in [0.25, 0.3) is 17.7 Å². The molecule has 0 aliphatic heterocycles. The average molecular weight is 360 g/mol.